The predicted octanol–water partition coefficient (Wildman–Crippen LogP) is 1.75. The van der Waals surface area contributed by atoms with Crippen LogP contribution in [0.15, 0.2) is 35.4 Å². The number of hydrogen-bond donors (Lipinski definition) is 1. The number of aromatic nitrogens is 2. The lowest BCUT2D eigenvalue weighted by Gasteiger charge is -2.33. The van der Waals surface area contributed by atoms with Gasteiger partial charge in [-0.2, -0.15) is 0 Å². The second kappa shape index (κ2) is 8.22. The van der Waals surface area contributed by atoms with Crippen molar-refractivity contribution in [3.63, 3.8) is 0 Å². The molecule has 134 valence electrons. The van der Waals surface area contributed by atoms with E-state index in [1.165, 1.54) is 18.5 Å². The molecule has 0 saturated carbocycles. The number of aromatic amines is 1. The van der Waals surface area contributed by atoms with Gasteiger partial charge in [0.15, 0.2) is 0 Å². The Labute approximate surface area is 145 Å². The molecule has 0 spiro atoms. The number of rotatable bonds is 6. The van der Waals surface area contributed by atoms with Crippen LogP contribution in [0, 0.1) is 5.82 Å². The van der Waals surface area contributed by atoms with Gasteiger partial charge in [-0.1, -0.05) is 6.07 Å². The molecule has 1 saturated heterocycles. The maximum absolute atomic E-state index is 14.1. The largest absolute Gasteiger partial charge is 0.496 e. The first-order valence-electron chi connectivity index (χ1n) is 8.34. The molecule has 6 nitrogen and oxygen atoms in total. The van der Waals surface area contributed by atoms with Gasteiger partial charge >= 0.3 is 0 Å². The van der Waals surface area contributed by atoms with Gasteiger partial charge in [0.05, 0.1) is 26.1 Å². The zero-order chi connectivity index (χ0) is 17.6. The fraction of sp³-hybridized carbons (Fsp3) is 0.444. The maximum atomic E-state index is 14.1. The van der Waals surface area contributed by atoms with Crippen LogP contribution in [0.3, 0.4) is 0 Å². The van der Waals surface area contributed by atoms with Crippen LogP contribution in [0.2, 0.25) is 0 Å². The van der Waals surface area contributed by atoms with Crippen LogP contribution in [0.5, 0.6) is 5.75 Å². The Morgan fingerprint density at radius 2 is 2.36 bits per heavy atom. The molecule has 1 fully saturated rings. The molecule has 0 unspecified atom stereocenters. The number of morpholine rings is 1. The van der Waals surface area contributed by atoms with Crippen LogP contribution in [-0.4, -0.2) is 47.8 Å². The summed E-state index contributed by atoms with van der Waals surface area (Å²) in [4.78, 5) is 20.1. The Hall–Kier alpha value is -2.25. The molecular weight excluding hydrogens is 325 g/mol. The summed E-state index contributed by atoms with van der Waals surface area (Å²) in [6.45, 7) is 2.54. The molecule has 1 aliphatic rings. The van der Waals surface area contributed by atoms with Gasteiger partial charge in [0.1, 0.15) is 11.6 Å². The molecule has 1 aromatic carbocycles. The minimum Gasteiger partial charge on any atom is -0.496 e. The topological polar surface area (TPSA) is 67.5 Å². The highest BCUT2D eigenvalue weighted by Gasteiger charge is 2.22. The van der Waals surface area contributed by atoms with Crippen LogP contribution in [0.25, 0.3) is 0 Å². The van der Waals surface area contributed by atoms with Crippen molar-refractivity contribution in [1.29, 1.82) is 0 Å². The van der Waals surface area contributed by atoms with Crippen LogP contribution in [0.4, 0.5) is 4.39 Å². The molecule has 1 aliphatic heterocycles. The van der Waals surface area contributed by atoms with Crippen LogP contribution >= 0.6 is 0 Å². The first kappa shape index (κ1) is 17.6. The third-order valence-electron chi connectivity index (χ3n) is 4.36. The Morgan fingerprint density at radius 1 is 1.48 bits per heavy atom. The summed E-state index contributed by atoms with van der Waals surface area (Å²) in [6.07, 6.45) is 2.88. The lowest BCUT2D eigenvalue weighted by Crippen LogP contribution is -2.42. The van der Waals surface area contributed by atoms with Gasteiger partial charge in [0.25, 0.3) is 5.56 Å². The van der Waals surface area contributed by atoms with E-state index in [9.17, 15) is 9.18 Å². The first-order valence-corrected chi connectivity index (χ1v) is 8.34. The van der Waals surface area contributed by atoms with Crippen molar-refractivity contribution in [2.45, 2.75) is 25.5 Å². The summed E-state index contributed by atoms with van der Waals surface area (Å²) >= 11 is 0. The number of benzene rings is 1. The first-order chi connectivity index (χ1) is 12.2. The zero-order valence-electron chi connectivity index (χ0n) is 14.2. The number of H-pyrrole nitrogens is 1. The standard InChI is InChI=1S/C18H22FN3O3/c1-24-17-4-2-3-16(19)15(17)11-22-7-8-25-14(10-22)6-5-13-9-18(23)21-12-20-13/h2-4,9,12,14H,5-8,10-11H2,1H3,(H,20,21,23)/t14-/m0/s1. The summed E-state index contributed by atoms with van der Waals surface area (Å²) in [5.41, 5.74) is 1.17. The predicted molar refractivity (Wildman–Crippen MR) is 91.1 cm³/mol. The number of nitrogens with zero attached hydrogens (tertiary/aromatic N) is 2. The number of ether oxygens (including phenoxy) is 2. The number of aryl methyl sites for hydroxylation is 1. The SMILES string of the molecule is COc1cccc(F)c1CN1CCO[C@@H](CCc2cc(=O)[nH]cn2)C1. The van der Waals surface area contributed by atoms with E-state index in [0.29, 0.717) is 37.4 Å². The summed E-state index contributed by atoms with van der Waals surface area (Å²) < 4.78 is 25.2. The maximum Gasteiger partial charge on any atom is 0.250 e. The van der Waals surface area contributed by atoms with Crippen molar-refractivity contribution >= 4 is 0 Å². The van der Waals surface area contributed by atoms with Crippen molar-refractivity contribution in [2.75, 3.05) is 26.8 Å². The van der Waals surface area contributed by atoms with Crippen molar-refractivity contribution in [3.05, 3.63) is 58.0 Å². The van der Waals surface area contributed by atoms with Gasteiger partial charge in [0, 0.05) is 37.0 Å². The molecule has 3 rings (SSSR count). The van der Waals surface area contributed by atoms with Crippen LogP contribution in [-0.2, 0) is 17.7 Å². The molecule has 7 heteroatoms. The smallest absolute Gasteiger partial charge is 0.250 e. The van der Waals surface area contributed by atoms with E-state index in [0.717, 1.165) is 18.7 Å². The molecule has 1 aromatic heterocycles. The van der Waals surface area contributed by atoms with Gasteiger partial charge in [-0.05, 0) is 25.0 Å². The number of nitrogens with one attached hydrogen (secondary N) is 1. The molecule has 1 N–H and O–H groups in total. The fourth-order valence-electron chi connectivity index (χ4n) is 3.06. The quantitative estimate of drug-likeness (QED) is 0.862. The molecule has 1 atom stereocenters. The molecule has 2 heterocycles. The van der Waals surface area contributed by atoms with E-state index in [1.807, 2.05) is 0 Å². The normalized spacial score (nSPS) is 18.2. The van der Waals surface area contributed by atoms with Crippen LogP contribution < -0.4 is 10.3 Å². The van der Waals surface area contributed by atoms with Crippen molar-refractivity contribution in [2.24, 2.45) is 0 Å². The summed E-state index contributed by atoms with van der Waals surface area (Å²) in [5, 5.41) is 0. The van der Waals surface area contributed by atoms with Gasteiger partial charge in [-0.3, -0.25) is 9.69 Å². The van der Waals surface area contributed by atoms with Crippen molar-refractivity contribution < 1.29 is 13.9 Å². The Bertz CT molecular complexity index is 765. The lowest BCUT2D eigenvalue weighted by molar-refractivity contribution is -0.0351. The van der Waals surface area contributed by atoms with E-state index in [2.05, 4.69) is 14.9 Å². The lowest BCUT2D eigenvalue weighted by atomic mass is 10.1. The summed E-state index contributed by atoms with van der Waals surface area (Å²) in [6, 6.07) is 6.38. The summed E-state index contributed by atoms with van der Waals surface area (Å²) in [7, 11) is 1.55. The molecule has 0 radical (unpaired) electrons. The van der Waals surface area contributed by atoms with Crippen molar-refractivity contribution in [3.8, 4) is 5.75 Å². The third-order valence-corrected chi connectivity index (χ3v) is 4.36. The fourth-order valence-corrected chi connectivity index (χ4v) is 3.06. The molecular formula is C18H22FN3O3. The highest BCUT2D eigenvalue weighted by atomic mass is 19.1. The Morgan fingerprint density at radius 3 is 3.16 bits per heavy atom. The zero-order valence-corrected chi connectivity index (χ0v) is 14.2. The molecule has 2 aromatic rings. The number of methoxy groups -OCH3 is 1. The highest BCUT2D eigenvalue weighted by Crippen LogP contribution is 2.24. The van der Waals surface area contributed by atoms with Crippen molar-refractivity contribution in [1.82, 2.24) is 14.9 Å². The molecule has 0 bridgehead atoms. The van der Waals surface area contributed by atoms with E-state index in [-0.39, 0.29) is 17.5 Å². The average molecular weight is 347 g/mol. The molecule has 0 amide bonds. The molecule has 0 aliphatic carbocycles. The monoisotopic (exact) mass is 347 g/mol. The number of hydrogen-bond acceptors (Lipinski definition) is 5. The van der Waals surface area contributed by atoms with Crippen LogP contribution in [0.1, 0.15) is 17.7 Å². The minimum atomic E-state index is -0.255. The molecule has 25 heavy (non-hydrogen) atoms. The number of halogens is 1. The van der Waals surface area contributed by atoms with E-state index in [4.69, 9.17) is 9.47 Å². The average Bonchev–Trinajstić information content (AvgIpc) is 2.62. The van der Waals surface area contributed by atoms with E-state index >= 15 is 0 Å². The summed E-state index contributed by atoms with van der Waals surface area (Å²) in [5.74, 6) is 0.311. The third kappa shape index (κ3) is 4.64. The van der Waals surface area contributed by atoms with E-state index in [1.54, 1.807) is 19.2 Å². The van der Waals surface area contributed by atoms with Gasteiger partial charge in [-0.15, -0.1) is 0 Å². The Kier molecular flexibility index (Phi) is 5.78. The highest BCUT2D eigenvalue weighted by molar-refractivity contribution is 5.34. The van der Waals surface area contributed by atoms with Gasteiger partial charge in [-0.25, -0.2) is 9.37 Å². The van der Waals surface area contributed by atoms with Gasteiger partial charge < -0.3 is 14.5 Å². The second-order valence-corrected chi connectivity index (χ2v) is 6.09. The van der Waals surface area contributed by atoms with Gasteiger partial charge in [0.2, 0.25) is 0 Å². The van der Waals surface area contributed by atoms with E-state index < -0.39 is 0 Å². The minimum absolute atomic E-state index is 0.0348. The second-order valence-electron chi connectivity index (χ2n) is 6.09. The Balaban J connectivity index is 1.59.